The van der Waals surface area contributed by atoms with Gasteiger partial charge in [0.05, 0.1) is 62.3 Å². The summed E-state index contributed by atoms with van der Waals surface area (Å²) in [4.78, 5) is 4.58. The van der Waals surface area contributed by atoms with Crippen molar-refractivity contribution in [1.82, 2.24) is 0 Å². The van der Waals surface area contributed by atoms with Gasteiger partial charge in [-0.1, -0.05) is 158 Å². The Kier molecular flexibility index (Phi) is 18.2. The summed E-state index contributed by atoms with van der Waals surface area (Å²) in [6.45, 7) is 0. The molecule has 0 aromatic heterocycles. The van der Waals surface area contributed by atoms with E-state index in [4.69, 9.17) is 37.9 Å². The van der Waals surface area contributed by atoms with Crippen LogP contribution in [0.3, 0.4) is 0 Å². The second-order valence-corrected chi connectivity index (χ2v) is 24.1. The van der Waals surface area contributed by atoms with Crippen molar-refractivity contribution in [2.75, 3.05) is 66.7 Å². The molecule has 14 rings (SSSR count). The quantitative estimate of drug-likeness (QED) is 0.0655. The summed E-state index contributed by atoms with van der Waals surface area (Å²) in [5.41, 5.74) is 22.1. The molecule has 0 unspecified atom stereocenters. The Morgan fingerprint density at radius 1 is 0.222 bits per heavy atom. The van der Waals surface area contributed by atoms with Crippen molar-refractivity contribution in [3.05, 3.63) is 371 Å². The fourth-order valence-electron chi connectivity index (χ4n) is 13.8. The zero-order chi connectivity index (χ0) is 68.0. The largest absolute Gasteiger partial charge is 0.497 e. The average molecular weight is 1300 g/mol. The molecule has 0 heterocycles. The Morgan fingerprint density at radius 2 is 0.414 bits per heavy atom. The lowest BCUT2D eigenvalue weighted by Gasteiger charge is -2.32. The smallest absolute Gasteiger partial charge is 0.118 e. The minimum absolute atomic E-state index is 0.759. The molecule has 99 heavy (non-hydrogen) atoms. The summed E-state index contributed by atoms with van der Waals surface area (Å²) in [5, 5.41) is 0. The van der Waals surface area contributed by atoms with E-state index in [1.165, 1.54) is 22.3 Å². The van der Waals surface area contributed by atoms with Crippen LogP contribution in [-0.2, 0) is 5.41 Å². The zero-order valence-electron chi connectivity index (χ0n) is 56.5. The molecule has 0 atom stereocenters. The van der Waals surface area contributed by atoms with E-state index in [1.807, 2.05) is 97.1 Å². The molecule has 0 saturated carbocycles. The standard InChI is InChI=1S/C89H74N2O8/c1-92-69-35-17-59(18-36-69)81(60-19-37-70(93-2)38-20-60)55-90(56-82(61-21-39-71(94-3)40-22-61)62-23-41-72(95-4)42-24-62)67-33-51-79-77-13-9-11-15-85(77)89(87(79)53-67)86-16-12-10-14-78(86)80-52-34-68(54-88(80)89)91(57-83(63-25-43-73(96-5)44-26-63)64-27-45-74(97-6)46-28-64)58-84(65-29-47-75(98-7)48-30-65)66-31-49-76(99-8)50-32-66/h9-58H,1-8H3. The monoisotopic (exact) mass is 1300 g/mol. The number of hydrogen-bond donors (Lipinski definition) is 0. The van der Waals surface area contributed by atoms with E-state index in [0.717, 1.165) is 146 Å². The molecule has 488 valence electrons. The van der Waals surface area contributed by atoms with Crippen LogP contribution in [0.2, 0.25) is 0 Å². The fourth-order valence-corrected chi connectivity index (χ4v) is 13.8. The van der Waals surface area contributed by atoms with Crippen LogP contribution in [0.25, 0.3) is 44.5 Å². The van der Waals surface area contributed by atoms with Crippen LogP contribution in [0.4, 0.5) is 11.4 Å². The normalized spacial score (nSPS) is 11.7. The van der Waals surface area contributed by atoms with Crippen LogP contribution in [0.5, 0.6) is 46.0 Å². The van der Waals surface area contributed by atoms with Gasteiger partial charge in [-0.15, -0.1) is 0 Å². The maximum Gasteiger partial charge on any atom is 0.118 e. The van der Waals surface area contributed by atoms with Gasteiger partial charge in [-0.2, -0.15) is 0 Å². The van der Waals surface area contributed by atoms with Gasteiger partial charge < -0.3 is 47.7 Å². The first-order valence-corrected chi connectivity index (χ1v) is 32.7. The van der Waals surface area contributed by atoms with Crippen LogP contribution in [0, 0.1) is 0 Å². The maximum absolute atomic E-state index is 5.74. The highest BCUT2D eigenvalue weighted by atomic mass is 16.5. The summed E-state index contributed by atoms with van der Waals surface area (Å²) in [7, 11) is 13.6. The van der Waals surface area contributed by atoms with Gasteiger partial charge in [0.1, 0.15) is 46.0 Å². The van der Waals surface area contributed by atoms with Crippen molar-refractivity contribution < 1.29 is 37.9 Å². The Bertz CT molecular complexity index is 4260. The van der Waals surface area contributed by atoms with Crippen molar-refractivity contribution in [1.29, 1.82) is 0 Å². The molecule has 1 spiro atoms. The Balaban J connectivity index is 1.04. The van der Waals surface area contributed by atoms with Crippen LogP contribution in [0.15, 0.2) is 304 Å². The highest BCUT2D eigenvalue weighted by Crippen LogP contribution is 2.64. The zero-order valence-corrected chi connectivity index (χ0v) is 56.5. The van der Waals surface area contributed by atoms with Crippen LogP contribution < -0.4 is 47.7 Å². The van der Waals surface area contributed by atoms with Gasteiger partial charge in [0.2, 0.25) is 0 Å². The molecule has 0 aliphatic heterocycles. The van der Waals surface area contributed by atoms with Gasteiger partial charge in [-0.25, -0.2) is 0 Å². The molecule has 10 heteroatoms. The van der Waals surface area contributed by atoms with Crippen molar-refractivity contribution in [2.45, 2.75) is 5.41 Å². The van der Waals surface area contributed by atoms with Gasteiger partial charge in [0, 0.05) is 58.5 Å². The van der Waals surface area contributed by atoms with Gasteiger partial charge in [0.15, 0.2) is 0 Å². The Labute approximate surface area is 579 Å². The second-order valence-electron chi connectivity index (χ2n) is 24.1. The highest BCUT2D eigenvalue weighted by molar-refractivity contribution is 5.98. The van der Waals surface area contributed by atoms with E-state index in [-0.39, 0.29) is 0 Å². The summed E-state index contributed by atoms with van der Waals surface area (Å²) in [6, 6.07) is 98.0. The first kappa shape index (κ1) is 64.0. The van der Waals surface area contributed by atoms with E-state index < -0.39 is 5.41 Å². The summed E-state index contributed by atoms with van der Waals surface area (Å²) < 4.78 is 45.9. The molecule has 12 aromatic carbocycles. The molecule has 0 fully saturated rings. The molecular weight excluding hydrogens is 1220 g/mol. The lowest BCUT2D eigenvalue weighted by atomic mass is 9.70. The third kappa shape index (κ3) is 12.4. The number of nitrogens with zero attached hydrogens (tertiary/aromatic N) is 2. The SMILES string of the molecule is COc1ccc(C(=CN(C=C(c2ccc(OC)cc2)c2ccc(OC)cc2)c2ccc3c(c2)C2(c4ccccc4-3)c3ccccc3-c3ccc(N(C=C(c4ccc(OC)cc4)c4ccc(OC)cc4)C=C(c4ccc(OC)cc4)c4ccc(OC)cc4)cc32)c2ccc(OC)cc2)cc1. The van der Waals surface area contributed by atoms with Crippen LogP contribution in [0.1, 0.15) is 66.8 Å². The Morgan fingerprint density at radius 3 is 0.616 bits per heavy atom. The third-order valence-corrected chi connectivity index (χ3v) is 18.9. The first-order valence-electron chi connectivity index (χ1n) is 32.7. The molecule has 10 nitrogen and oxygen atoms in total. The minimum Gasteiger partial charge on any atom is -0.497 e. The van der Waals surface area contributed by atoms with E-state index in [1.54, 1.807) is 56.9 Å². The highest BCUT2D eigenvalue weighted by Gasteiger charge is 2.52. The van der Waals surface area contributed by atoms with Crippen LogP contribution >= 0.6 is 0 Å². The number of fused-ring (bicyclic) bond motifs is 10. The molecule has 0 saturated heterocycles. The summed E-state index contributed by atoms with van der Waals surface area (Å²) in [5.74, 6) is 6.07. The minimum atomic E-state index is -0.824. The molecule has 0 radical (unpaired) electrons. The first-order chi connectivity index (χ1) is 48.6. The van der Waals surface area contributed by atoms with E-state index in [9.17, 15) is 0 Å². The van der Waals surface area contributed by atoms with Gasteiger partial charge in [-0.05, 0) is 210 Å². The Hall–Kier alpha value is -12.4. The summed E-state index contributed by atoms with van der Waals surface area (Å²) >= 11 is 0. The average Bonchev–Trinajstić information content (AvgIpc) is 1.51. The van der Waals surface area contributed by atoms with E-state index in [2.05, 4.69) is 217 Å². The molecule has 12 aromatic rings. The number of ether oxygens (including phenoxy) is 8. The van der Waals surface area contributed by atoms with Crippen molar-refractivity contribution >= 4 is 33.7 Å². The van der Waals surface area contributed by atoms with E-state index in [0.29, 0.717) is 0 Å². The molecule has 0 amide bonds. The predicted molar refractivity (Wildman–Crippen MR) is 400 cm³/mol. The van der Waals surface area contributed by atoms with Gasteiger partial charge in [0.25, 0.3) is 0 Å². The lowest BCUT2D eigenvalue weighted by molar-refractivity contribution is 0.414. The van der Waals surface area contributed by atoms with Crippen LogP contribution in [-0.4, -0.2) is 56.9 Å². The molecular formula is C89H74N2O8. The topological polar surface area (TPSA) is 80.3 Å². The molecule has 0 N–H and O–H groups in total. The molecule has 2 aliphatic carbocycles. The van der Waals surface area contributed by atoms with Gasteiger partial charge in [-0.3, -0.25) is 0 Å². The fraction of sp³-hybridized carbons (Fsp3) is 0.101. The number of anilines is 2. The third-order valence-electron chi connectivity index (χ3n) is 18.9. The number of rotatable bonds is 22. The summed E-state index contributed by atoms with van der Waals surface area (Å²) in [6.07, 6.45) is 9.02. The number of hydrogen-bond acceptors (Lipinski definition) is 10. The number of benzene rings is 12. The molecule has 2 aliphatic rings. The van der Waals surface area contributed by atoms with Crippen molar-refractivity contribution in [2.24, 2.45) is 0 Å². The van der Waals surface area contributed by atoms with Crippen molar-refractivity contribution in [3.8, 4) is 68.2 Å². The lowest BCUT2D eigenvalue weighted by Crippen LogP contribution is -2.26. The molecule has 0 bridgehead atoms. The number of methoxy groups -OCH3 is 8. The van der Waals surface area contributed by atoms with Crippen molar-refractivity contribution in [3.63, 3.8) is 0 Å². The second kappa shape index (κ2) is 28.1. The predicted octanol–water partition coefficient (Wildman–Crippen LogP) is 20.1. The van der Waals surface area contributed by atoms with E-state index >= 15 is 0 Å². The van der Waals surface area contributed by atoms with Gasteiger partial charge >= 0.3 is 0 Å². The maximum atomic E-state index is 5.74.